The quantitative estimate of drug-likeness (QED) is 0.367. The van der Waals surface area contributed by atoms with E-state index in [9.17, 15) is 5.26 Å². The fraction of sp³-hybridized carbons (Fsp3) is 0.484. The second-order valence-electron chi connectivity index (χ2n) is 13.0. The van der Waals surface area contributed by atoms with Gasteiger partial charge in [-0.2, -0.15) is 5.26 Å². The van der Waals surface area contributed by atoms with Crippen LogP contribution in [-0.2, 0) is 17.8 Å². The maximum atomic E-state index is 9.90. The SMILES string of the molecule is CC(C)(C)CN=C1c2cc(NC(c3cn(C4CC4)nn3)c3cccc4c3CN(C3COC3)C4)cc(Cl)c2NCN1C#N. The number of ether oxygens (including phenoxy) is 1. The second-order valence-corrected chi connectivity index (χ2v) is 13.4. The zero-order valence-electron chi connectivity index (χ0n) is 24.3. The summed E-state index contributed by atoms with van der Waals surface area (Å²) in [6.07, 6.45) is 6.63. The van der Waals surface area contributed by atoms with Crippen LogP contribution in [0.4, 0.5) is 11.4 Å². The average molecular weight is 586 g/mol. The van der Waals surface area contributed by atoms with Crippen molar-refractivity contribution in [2.75, 3.05) is 37.1 Å². The Bertz CT molecular complexity index is 1580. The Balaban J connectivity index is 1.28. The van der Waals surface area contributed by atoms with Crippen molar-refractivity contribution in [2.45, 2.75) is 64.8 Å². The van der Waals surface area contributed by atoms with Crippen molar-refractivity contribution in [3.8, 4) is 6.19 Å². The minimum atomic E-state index is -0.238. The molecule has 1 saturated heterocycles. The summed E-state index contributed by atoms with van der Waals surface area (Å²) in [5.41, 5.74) is 7.12. The van der Waals surface area contributed by atoms with Crippen molar-refractivity contribution in [2.24, 2.45) is 10.4 Å². The Kier molecular flexibility index (Phi) is 6.84. The zero-order valence-corrected chi connectivity index (χ0v) is 25.0. The van der Waals surface area contributed by atoms with Gasteiger partial charge in [0.1, 0.15) is 18.2 Å². The number of nitriles is 1. The van der Waals surface area contributed by atoms with Gasteiger partial charge >= 0.3 is 0 Å². The topological polar surface area (TPSA) is 107 Å². The van der Waals surface area contributed by atoms with Crippen molar-refractivity contribution in [1.29, 1.82) is 5.26 Å². The number of benzene rings is 2. The molecule has 218 valence electrons. The minimum absolute atomic E-state index is 0.0233. The van der Waals surface area contributed by atoms with Crippen LogP contribution < -0.4 is 10.6 Å². The number of hydrogen-bond acceptors (Lipinski definition) is 8. The van der Waals surface area contributed by atoms with Gasteiger partial charge in [-0.05, 0) is 47.1 Å². The molecule has 3 aromatic rings. The van der Waals surface area contributed by atoms with E-state index in [0.717, 1.165) is 61.8 Å². The summed E-state index contributed by atoms with van der Waals surface area (Å²) in [6.45, 7) is 10.7. The predicted octanol–water partition coefficient (Wildman–Crippen LogP) is 5.14. The van der Waals surface area contributed by atoms with Gasteiger partial charge in [0.2, 0.25) is 0 Å². The molecule has 2 N–H and O–H groups in total. The number of rotatable bonds is 7. The Hall–Kier alpha value is -3.65. The molecule has 2 aromatic carbocycles. The smallest absolute Gasteiger partial charge is 0.187 e. The van der Waals surface area contributed by atoms with Gasteiger partial charge in [0.05, 0.1) is 48.2 Å². The molecule has 0 bridgehead atoms. The number of amidine groups is 1. The standard InChI is InChI=1S/C31H36ClN9O/c1-31(2,3)16-34-30-24-9-20(10-26(32)28(24)35-18-40(30)17-33)36-29(27-13-41(38-37-27)21-7-8-21)23-6-4-5-19-11-39(12-25(19)23)22-14-42-15-22/h4-6,9-10,13,21-22,29,35-36H,7-8,11-12,14-16,18H2,1-3H3. The van der Waals surface area contributed by atoms with E-state index in [0.29, 0.717) is 36.2 Å². The molecule has 4 aliphatic rings. The van der Waals surface area contributed by atoms with Gasteiger partial charge in [0, 0.05) is 30.9 Å². The molecule has 0 amide bonds. The van der Waals surface area contributed by atoms with Crippen LogP contribution in [-0.4, -0.2) is 63.1 Å². The highest BCUT2D eigenvalue weighted by atomic mass is 35.5. The molecule has 1 aromatic heterocycles. The number of aliphatic imine (C=N–C) groups is 1. The number of hydrogen-bond donors (Lipinski definition) is 2. The summed E-state index contributed by atoms with van der Waals surface area (Å²) in [6, 6.07) is 11.2. The molecule has 0 spiro atoms. The molecule has 1 saturated carbocycles. The molecular weight excluding hydrogens is 550 g/mol. The number of aromatic nitrogens is 3. The van der Waals surface area contributed by atoms with E-state index in [1.165, 1.54) is 16.7 Å². The maximum Gasteiger partial charge on any atom is 0.187 e. The minimum Gasteiger partial charge on any atom is -0.378 e. The van der Waals surface area contributed by atoms with Gasteiger partial charge in [-0.3, -0.25) is 9.89 Å². The van der Waals surface area contributed by atoms with Crippen LogP contribution in [0.1, 0.15) is 73.6 Å². The van der Waals surface area contributed by atoms with Crippen molar-refractivity contribution >= 4 is 28.8 Å². The van der Waals surface area contributed by atoms with Crippen LogP contribution >= 0.6 is 11.6 Å². The van der Waals surface area contributed by atoms with Crippen LogP contribution in [0.15, 0.2) is 41.5 Å². The molecule has 11 heteroatoms. The van der Waals surface area contributed by atoms with E-state index >= 15 is 0 Å². The Labute approximate surface area is 251 Å². The fourth-order valence-electron chi connectivity index (χ4n) is 5.84. The van der Waals surface area contributed by atoms with Gasteiger partial charge in [0.25, 0.3) is 0 Å². The molecular formula is C31H36ClN9O. The molecule has 10 nitrogen and oxygen atoms in total. The van der Waals surface area contributed by atoms with E-state index in [-0.39, 0.29) is 11.5 Å². The first kappa shape index (κ1) is 27.2. The molecule has 42 heavy (non-hydrogen) atoms. The third-order valence-electron chi connectivity index (χ3n) is 8.37. The number of halogens is 1. The third kappa shape index (κ3) is 5.21. The van der Waals surface area contributed by atoms with Crippen LogP contribution in [0.25, 0.3) is 0 Å². The summed E-state index contributed by atoms with van der Waals surface area (Å²) < 4.78 is 7.49. The molecule has 1 aliphatic carbocycles. The first-order chi connectivity index (χ1) is 20.3. The van der Waals surface area contributed by atoms with Crippen molar-refractivity contribution < 1.29 is 4.74 Å². The second kappa shape index (κ2) is 10.6. The maximum absolute atomic E-state index is 9.90. The summed E-state index contributed by atoms with van der Waals surface area (Å²) >= 11 is 6.88. The van der Waals surface area contributed by atoms with Gasteiger partial charge in [-0.1, -0.05) is 55.8 Å². The van der Waals surface area contributed by atoms with Gasteiger partial charge in [0.15, 0.2) is 6.19 Å². The van der Waals surface area contributed by atoms with Crippen LogP contribution in [0.2, 0.25) is 5.02 Å². The lowest BCUT2D eigenvalue weighted by Crippen LogP contribution is -2.46. The lowest BCUT2D eigenvalue weighted by Gasteiger charge is -2.34. The Morgan fingerprint density at radius 2 is 2.05 bits per heavy atom. The third-order valence-corrected chi connectivity index (χ3v) is 8.67. The molecule has 7 rings (SSSR count). The van der Waals surface area contributed by atoms with Crippen LogP contribution in [0.3, 0.4) is 0 Å². The molecule has 4 heterocycles. The molecule has 1 unspecified atom stereocenters. The van der Waals surface area contributed by atoms with Gasteiger partial charge in [-0.15, -0.1) is 5.10 Å². The van der Waals surface area contributed by atoms with Crippen LogP contribution in [0, 0.1) is 16.9 Å². The van der Waals surface area contributed by atoms with Crippen molar-refractivity contribution in [1.82, 2.24) is 24.8 Å². The largest absolute Gasteiger partial charge is 0.378 e. The summed E-state index contributed by atoms with van der Waals surface area (Å²) in [5.74, 6) is 0.627. The van der Waals surface area contributed by atoms with E-state index in [4.69, 9.17) is 21.3 Å². The molecule has 1 atom stereocenters. The monoisotopic (exact) mass is 585 g/mol. The first-order valence-electron chi connectivity index (χ1n) is 14.7. The highest BCUT2D eigenvalue weighted by Gasteiger charge is 2.35. The highest BCUT2D eigenvalue weighted by Crippen LogP contribution is 2.40. The van der Waals surface area contributed by atoms with E-state index < -0.39 is 0 Å². The lowest BCUT2D eigenvalue weighted by atomic mass is 9.95. The highest BCUT2D eigenvalue weighted by molar-refractivity contribution is 6.34. The van der Waals surface area contributed by atoms with Crippen LogP contribution in [0.5, 0.6) is 0 Å². The molecule has 2 fully saturated rings. The van der Waals surface area contributed by atoms with Gasteiger partial charge < -0.3 is 15.4 Å². The first-order valence-corrected chi connectivity index (χ1v) is 15.1. The predicted molar refractivity (Wildman–Crippen MR) is 162 cm³/mol. The molecule has 3 aliphatic heterocycles. The zero-order chi connectivity index (χ0) is 29.0. The normalized spacial score (nSPS) is 20.5. The fourth-order valence-corrected chi connectivity index (χ4v) is 6.13. The lowest BCUT2D eigenvalue weighted by molar-refractivity contribution is -0.0670. The van der Waals surface area contributed by atoms with E-state index in [2.05, 4.69) is 77.2 Å². The summed E-state index contributed by atoms with van der Waals surface area (Å²) in [4.78, 5) is 8.98. The summed E-state index contributed by atoms with van der Waals surface area (Å²) in [5, 5.41) is 26.7. The number of nitrogens with zero attached hydrogens (tertiary/aromatic N) is 7. The molecule has 0 radical (unpaired) electrons. The van der Waals surface area contributed by atoms with Gasteiger partial charge in [-0.25, -0.2) is 9.58 Å². The van der Waals surface area contributed by atoms with E-state index in [1.807, 2.05) is 16.8 Å². The number of anilines is 2. The average Bonchev–Trinajstić information content (AvgIpc) is 3.50. The Morgan fingerprint density at radius 1 is 1.21 bits per heavy atom. The summed E-state index contributed by atoms with van der Waals surface area (Å²) in [7, 11) is 0. The van der Waals surface area contributed by atoms with E-state index in [1.54, 1.807) is 4.90 Å². The number of nitrogens with one attached hydrogen (secondary N) is 2. The Morgan fingerprint density at radius 3 is 2.76 bits per heavy atom. The van der Waals surface area contributed by atoms with Crippen molar-refractivity contribution in [3.05, 3.63) is 69.5 Å². The van der Waals surface area contributed by atoms with Crippen molar-refractivity contribution in [3.63, 3.8) is 0 Å². The number of fused-ring (bicyclic) bond motifs is 2.